The minimum absolute atomic E-state index is 0.0619. The molecule has 25 heavy (non-hydrogen) atoms. The maximum atomic E-state index is 12.5. The molecule has 1 aliphatic heterocycles. The van der Waals surface area contributed by atoms with Crippen molar-refractivity contribution in [3.05, 3.63) is 53.9 Å². The molecule has 2 aromatic rings. The highest BCUT2D eigenvalue weighted by Crippen LogP contribution is 2.24. The third-order valence-corrected chi connectivity index (χ3v) is 4.10. The van der Waals surface area contributed by atoms with Crippen molar-refractivity contribution in [2.24, 2.45) is 0 Å². The van der Waals surface area contributed by atoms with E-state index in [0.29, 0.717) is 19.6 Å². The second-order valence-electron chi connectivity index (χ2n) is 7.35. The first-order valence-corrected chi connectivity index (χ1v) is 8.69. The lowest BCUT2D eigenvalue weighted by Crippen LogP contribution is -2.50. The van der Waals surface area contributed by atoms with Crippen molar-refractivity contribution in [3.8, 4) is 0 Å². The Balaban J connectivity index is 1.73. The number of nitrogens with one attached hydrogen (secondary N) is 1. The molecule has 1 atom stereocenters. The van der Waals surface area contributed by atoms with E-state index in [2.05, 4.69) is 22.5 Å². The van der Waals surface area contributed by atoms with Crippen LogP contribution in [0.25, 0.3) is 0 Å². The Bertz CT molecular complexity index is 706. The van der Waals surface area contributed by atoms with Crippen molar-refractivity contribution in [2.45, 2.75) is 39.0 Å². The van der Waals surface area contributed by atoms with Gasteiger partial charge in [-0.25, -0.2) is 4.79 Å². The molecule has 1 amide bonds. The molecule has 1 aromatic carbocycles. The van der Waals surface area contributed by atoms with Gasteiger partial charge < -0.3 is 10.1 Å². The van der Waals surface area contributed by atoms with Crippen molar-refractivity contribution >= 4 is 6.09 Å². The summed E-state index contributed by atoms with van der Waals surface area (Å²) < 4.78 is 7.47. The Morgan fingerprint density at radius 1 is 1.32 bits per heavy atom. The largest absolute Gasteiger partial charge is 0.444 e. The van der Waals surface area contributed by atoms with E-state index in [1.165, 1.54) is 5.56 Å². The van der Waals surface area contributed by atoms with Gasteiger partial charge in [-0.2, -0.15) is 5.10 Å². The zero-order valence-electron chi connectivity index (χ0n) is 15.1. The number of hydrogen-bond acceptors (Lipinski definition) is 4. The minimum Gasteiger partial charge on any atom is -0.444 e. The van der Waals surface area contributed by atoms with E-state index >= 15 is 0 Å². The van der Waals surface area contributed by atoms with Crippen LogP contribution in [-0.2, 0) is 11.3 Å². The van der Waals surface area contributed by atoms with Crippen LogP contribution in [0, 0.1) is 0 Å². The number of rotatable bonds is 3. The Hall–Kier alpha value is -2.34. The van der Waals surface area contributed by atoms with Gasteiger partial charge in [-0.15, -0.1) is 0 Å². The number of carbonyl (C=O) groups excluding carboxylic acids is 1. The summed E-state index contributed by atoms with van der Waals surface area (Å²) in [6.07, 6.45) is 3.59. The zero-order valence-corrected chi connectivity index (χ0v) is 15.1. The highest BCUT2D eigenvalue weighted by molar-refractivity contribution is 5.69. The zero-order chi connectivity index (χ0) is 17.9. The fraction of sp³-hybridized carbons (Fsp3) is 0.474. The molecule has 0 spiro atoms. The number of ether oxygens (including phenoxy) is 1. The summed E-state index contributed by atoms with van der Waals surface area (Å²) in [4.78, 5) is 14.3. The number of carbonyl (C=O) groups is 1. The molecule has 0 saturated carbocycles. The van der Waals surface area contributed by atoms with Crippen LogP contribution in [0.2, 0.25) is 0 Å². The summed E-state index contributed by atoms with van der Waals surface area (Å²) in [6, 6.07) is 10.1. The summed E-state index contributed by atoms with van der Waals surface area (Å²) in [5, 5.41) is 7.82. The van der Waals surface area contributed by atoms with Gasteiger partial charge in [-0.05, 0) is 26.3 Å². The van der Waals surface area contributed by atoms with E-state index < -0.39 is 5.60 Å². The number of amides is 1. The predicted octanol–water partition coefficient (Wildman–Crippen LogP) is 2.81. The average molecular weight is 342 g/mol. The first-order valence-electron chi connectivity index (χ1n) is 8.69. The van der Waals surface area contributed by atoms with Crippen LogP contribution in [0.15, 0.2) is 42.7 Å². The highest BCUT2D eigenvalue weighted by Gasteiger charge is 2.32. The van der Waals surface area contributed by atoms with Gasteiger partial charge in [0.15, 0.2) is 0 Å². The van der Waals surface area contributed by atoms with E-state index in [1.807, 2.05) is 56.0 Å². The van der Waals surface area contributed by atoms with E-state index in [4.69, 9.17) is 4.74 Å². The van der Waals surface area contributed by atoms with Gasteiger partial charge in [0.2, 0.25) is 0 Å². The number of hydrogen-bond donors (Lipinski definition) is 1. The van der Waals surface area contributed by atoms with E-state index in [9.17, 15) is 4.79 Å². The van der Waals surface area contributed by atoms with Gasteiger partial charge in [-0.1, -0.05) is 30.3 Å². The molecule has 0 radical (unpaired) electrons. The van der Waals surface area contributed by atoms with Crippen molar-refractivity contribution in [1.82, 2.24) is 20.0 Å². The lowest BCUT2D eigenvalue weighted by molar-refractivity contribution is 0.0118. The van der Waals surface area contributed by atoms with Gasteiger partial charge in [0.05, 0.1) is 18.8 Å². The van der Waals surface area contributed by atoms with Gasteiger partial charge >= 0.3 is 6.09 Å². The summed E-state index contributed by atoms with van der Waals surface area (Å²) in [6.45, 7) is 8.49. The Morgan fingerprint density at radius 2 is 2.08 bits per heavy atom. The second kappa shape index (κ2) is 7.27. The number of benzene rings is 1. The molecule has 0 bridgehead atoms. The number of nitrogens with zero attached hydrogens (tertiary/aromatic N) is 3. The molecule has 134 valence electrons. The first kappa shape index (κ1) is 17.5. The molecular formula is C19H26N4O2. The molecule has 1 unspecified atom stereocenters. The smallest absolute Gasteiger partial charge is 0.410 e. The maximum Gasteiger partial charge on any atom is 0.410 e. The van der Waals surface area contributed by atoms with Crippen LogP contribution >= 0.6 is 0 Å². The SMILES string of the molecule is CC(C)(C)OC(=O)N1CCNCC1c1cnn(Cc2ccccc2)c1. The van der Waals surface area contributed by atoms with Crippen LogP contribution in [0.3, 0.4) is 0 Å². The minimum atomic E-state index is -0.496. The number of piperazine rings is 1. The van der Waals surface area contributed by atoms with Crippen LogP contribution < -0.4 is 5.32 Å². The van der Waals surface area contributed by atoms with Crippen LogP contribution in [0.4, 0.5) is 4.79 Å². The van der Waals surface area contributed by atoms with Crippen LogP contribution in [0.1, 0.15) is 37.9 Å². The molecule has 1 aliphatic rings. The summed E-state index contributed by atoms with van der Waals surface area (Å²) >= 11 is 0. The second-order valence-corrected chi connectivity index (χ2v) is 7.35. The third-order valence-electron chi connectivity index (χ3n) is 4.10. The predicted molar refractivity (Wildman–Crippen MR) is 96.3 cm³/mol. The van der Waals surface area contributed by atoms with Crippen molar-refractivity contribution in [2.75, 3.05) is 19.6 Å². The van der Waals surface area contributed by atoms with Gasteiger partial charge in [0.25, 0.3) is 0 Å². The molecular weight excluding hydrogens is 316 g/mol. The Labute approximate surface area is 148 Å². The molecule has 1 N–H and O–H groups in total. The highest BCUT2D eigenvalue weighted by atomic mass is 16.6. The monoisotopic (exact) mass is 342 g/mol. The third kappa shape index (κ3) is 4.60. The average Bonchev–Trinajstić information content (AvgIpc) is 3.02. The maximum absolute atomic E-state index is 12.5. The van der Waals surface area contributed by atoms with Crippen LogP contribution in [0.5, 0.6) is 0 Å². The molecule has 0 aliphatic carbocycles. The fourth-order valence-corrected chi connectivity index (χ4v) is 2.95. The van der Waals surface area contributed by atoms with E-state index in [0.717, 1.165) is 12.1 Å². The standard InChI is InChI=1S/C19H26N4O2/c1-19(2,3)25-18(24)23-10-9-20-12-17(23)16-11-21-22(14-16)13-15-7-5-4-6-8-15/h4-8,11,14,17,20H,9-10,12-13H2,1-3H3. The molecule has 1 saturated heterocycles. The molecule has 2 heterocycles. The molecule has 3 rings (SSSR count). The van der Waals surface area contributed by atoms with Crippen molar-refractivity contribution in [1.29, 1.82) is 0 Å². The summed E-state index contributed by atoms with van der Waals surface area (Å²) in [5.74, 6) is 0. The first-order chi connectivity index (χ1) is 11.9. The number of aromatic nitrogens is 2. The van der Waals surface area contributed by atoms with Crippen molar-refractivity contribution in [3.63, 3.8) is 0 Å². The van der Waals surface area contributed by atoms with Gasteiger partial charge in [0.1, 0.15) is 5.60 Å². The fourth-order valence-electron chi connectivity index (χ4n) is 2.95. The Morgan fingerprint density at radius 3 is 2.80 bits per heavy atom. The lowest BCUT2D eigenvalue weighted by atomic mass is 10.1. The molecule has 6 heteroatoms. The Kier molecular flexibility index (Phi) is 5.08. The van der Waals surface area contributed by atoms with E-state index in [1.54, 1.807) is 4.90 Å². The molecule has 1 aromatic heterocycles. The van der Waals surface area contributed by atoms with Gasteiger partial charge in [0, 0.05) is 31.4 Å². The summed E-state index contributed by atoms with van der Waals surface area (Å²) in [7, 11) is 0. The normalized spacial score (nSPS) is 18.2. The van der Waals surface area contributed by atoms with E-state index in [-0.39, 0.29) is 12.1 Å². The van der Waals surface area contributed by atoms with Crippen molar-refractivity contribution < 1.29 is 9.53 Å². The molecule has 1 fully saturated rings. The molecule has 6 nitrogen and oxygen atoms in total. The quantitative estimate of drug-likeness (QED) is 0.932. The van der Waals surface area contributed by atoms with Crippen LogP contribution in [-0.4, -0.2) is 46.0 Å². The lowest BCUT2D eigenvalue weighted by Gasteiger charge is -2.36. The summed E-state index contributed by atoms with van der Waals surface area (Å²) in [5.41, 5.74) is 1.72. The van der Waals surface area contributed by atoms with Gasteiger partial charge in [-0.3, -0.25) is 9.58 Å². The topological polar surface area (TPSA) is 59.4 Å².